The fraction of sp³-hybridized carbons (Fsp3) is 0.414. The van der Waals surface area contributed by atoms with Gasteiger partial charge < -0.3 is 14.8 Å². The maximum Gasteiger partial charge on any atom is 0.257 e. The fourth-order valence-electron chi connectivity index (χ4n) is 4.09. The van der Waals surface area contributed by atoms with Crippen LogP contribution in [0.2, 0.25) is 0 Å². The molecule has 1 aromatic heterocycles. The molecule has 3 rings (SSSR count). The van der Waals surface area contributed by atoms with E-state index in [9.17, 15) is 14.0 Å². The van der Waals surface area contributed by atoms with E-state index in [4.69, 9.17) is 9.47 Å². The molecule has 0 bridgehead atoms. The van der Waals surface area contributed by atoms with E-state index in [1.54, 1.807) is 40.3 Å². The number of nitrogens with one attached hydrogen (secondary N) is 1. The first-order valence-electron chi connectivity index (χ1n) is 12.7. The summed E-state index contributed by atoms with van der Waals surface area (Å²) in [5.41, 5.74) is 2.88. The molecule has 2 aromatic carbocycles. The molecule has 0 saturated carbocycles. The molecule has 0 aliphatic heterocycles. The van der Waals surface area contributed by atoms with Crippen molar-refractivity contribution in [3.05, 3.63) is 81.0 Å². The molecular weight excluding hydrogens is 505 g/mol. The highest BCUT2D eigenvalue weighted by atomic mass is 32.2. The number of hydrogen-bond donors (Lipinski definition) is 1. The van der Waals surface area contributed by atoms with Crippen LogP contribution in [0.3, 0.4) is 0 Å². The monoisotopic (exact) mass is 541 g/mol. The van der Waals surface area contributed by atoms with Gasteiger partial charge in [0.1, 0.15) is 5.82 Å². The number of hydrogen-bond acceptors (Lipinski definition) is 6. The van der Waals surface area contributed by atoms with Crippen molar-refractivity contribution < 1.29 is 18.7 Å². The van der Waals surface area contributed by atoms with Crippen molar-refractivity contribution in [1.29, 1.82) is 0 Å². The van der Waals surface area contributed by atoms with E-state index in [-0.39, 0.29) is 22.5 Å². The van der Waals surface area contributed by atoms with Crippen molar-refractivity contribution in [2.45, 2.75) is 56.4 Å². The second-order valence-electron chi connectivity index (χ2n) is 9.10. The second-order valence-corrected chi connectivity index (χ2v) is 10.3. The Hall–Kier alpha value is -3.33. The number of aryl methyl sites for hydroxylation is 1. The van der Waals surface area contributed by atoms with Crippen molar-refractivity contribution in [3.63, 3.8) is 0 Å². The molecule has 3 aromatic rings. The maximum atomic E-state index is 13.3. The molecule has 0 aliphatic rings. The van der Waals surface area contributed by atoms with E-state index in [0.29, 0.717) is 53.7 Å². The first kappa shape index (κ1) is 29.2. The highest BCUT2D eigenvalue weighted by molar-refractivity contribution is 8.00. The molecule has 0 aliphatic carbocycles. The van der Waals surface area contributed by atoms with Gasteiger partial charge in [-0.3, -0.25) is 14.2 Å². The predicted octanol–water partition coefficient (Wildman–Crippen LogP) is 4.85. The summed E-state index contributed by atoms with van der Waals surface area (Å²) in [7, 11) is 4.87. The molecule has 0 spiro atoms. The molecule has 1 N–H and O–H groups in total. The number of benzene rings is 2. The van der Waals surface area contributed by atoms with Crippen LogP contribution < -0.4 is 20.3 Å². The number of halogens is 1. The quantitative estimate of drug-likeness (QED) is 0.246. The van der Waals surface area contributed by atoms with Crippen molar-refractivity contribution in [3.8, 4) is 11.5 Å². The Balaban J connectivity index is 1.70. The zero-order valence-electron chi connectivity index (χ0n) is 22.7. The maximum absolute atomic E-state index is 13.3. The number of carbonyl (C=O) groups excluding carboxylic acids is 1. The molecule has 1 atom stereocenters. The van der Waals surface area contributed by atoms with Gasteiger partial charge in [0.05, 0.1) is 19.5 Å². The molecular formula is C29H36FN3O4S. The van der Waals surface area contributed by atoms with Gasteiger partial charge >= 0.3 is 0 Å². The minimum absolute atomic E-state index is 0.0776. The first-order valence-corrected chi connectivity index (χ1v) is 13.6. The number of aromatic nitrogens is 2. The summed E-state index contributed by atoms with van der Waals surface area (Å²) in [5.74, 6) is 0.918. The van der Waals surface area contributed by atoms with Gasteiger partial charge in [0.2, 0.25) is 5.91 Å². The molecule has 0 fully saturated rings. The van der Waals surface area contributed by atoms with E-state index in [1.165, 1.54) is 28.5 Å². The lowest BCUT2D eigenvalue weighted by Crippen LogP contribution is -2.35. The Morgan fingerprint density at radius 1 is 1.11 bits per heavy atom. The number of unbranched alkanes of at least 4 members (excludes halogenated alkanes) is 1. The van der Waals surface area contributed by atoms with Gasteiger partial charge in [-0.1, -0.05) is 49.7 Å². The van der Waals surface area contributed by atoms with Crippen LogP contribution in [0.4, 0.5) is 4.39 Å². The van der Waals surface area contributed by atoms with Gasteiger partial charge in [0.25, 0.3) is 5.56 Å². The van der Waals surface area contributed by atoms with E-state index in [2.05, 4.69) is 17.2 Å². The molecule has 9 heteroatoms. The van der Waals surface area contributed by atoms with Crippen LogP contribution in [-0.2, 0) is 24.7 Å². The summed E-state index contributed by atoms with van der Waals surface area (Å²) in [6.45, 7) is 4.35. The second kappa shape index (κ2) is 14.0. The van der Waals surface area contributed by atoms with Crippen molar-refractivity contribution in [1.82, 2.24) is 14.9 Å². The van der Waals surface area contributed by atoms with Gasteiger partial charge in [0.15, 0.2) is 16.7 Å². The lowest BCUT2D eigenvalue weighted by molar-refractivity contribution is -0.120. The number of thioether (sulfide) groups is 1. The standard InChI is InChI=1S/C29H36FN3O4S/c1-6-7-8-26(27(34)31-16-15-21-11-14-24(36-4)25(18-21)37-5)38-29-32-19(2)23(28(35)33(29)3)17-20-9-12-22(30)13-10-20/h9-14,18,26H,6-8,15-17H2,1-5H3,(H,31,34). The molecule has 0 radical (unpaired) electrons. The van der Waals surface area contributed by atoms with Gasteiger partial charge in [-0.05, 0) is 55.2 Å². The minimum atomic E-state index is -0.374. The van der Waals surface area contributed by atoms with Crippen LogP contribution in [0.5, 0.6) is 11.5 Å². The summed E-state index contributed by atoms with van der Waals surface area (Å²) in [6.07, 6.45) is 3.53. The topological polar surface area (TPSA) is 82.5 Å². The van der Waals surface area contributed by atoms with E-state index in [0.717, 1.165) is 24.0 Å². The van der Waals surface area contributed by atoms with Crippen LogP contribution in [0, 0.1) is 12.7 Å². The summed E-state index contributed by atoms with van der Waals surface area (Å²) in [5, 5.41) is 3.18. The number of methoxy groups -OCH3 is 2. The number of rotatable bonds is 13. The third-order valence-electron chi connectivity index (χ3n) is 6.36. The largest absolute Gasteiger partial charge is 0.493 e. The van der Waals surface area contributed by atoms with Crippen molar-refractivity contribution in [2.75, 3.05) is 20.8 Å². The van der Waals surface area contributed by atoms with Crippen LogP contribution in [0.1, 0.15) is 48.6 Å². The molecule has 1 heterocycles. The Morgan fingerprint density at radius 3 is 2.45 bits per heavy atom. The summed E-state index contributed by atoms with van der Waals surface area (Å²) >= 11 is 1.32. The van der Waals surface area contributed by atoms with Gasteiger partial charge in [-0.15, -0.1) is 0 Å². The summed E-state index contributed by atoms with van der Waals surface area (Å²) in [4.78, 5) is 31.0. The van der Waals surface area contributed by atoms with E-state index < -0.39 is 0 Å². The number of ether oxygens (including phenoxy) is 2. The third-order valence-corrected chi connectivity index (χ3v) is 7.68. The van der Waals surface area contributed by atoms with Crippen LogP contribution in [0.15, 0.2) is 52.4 Å². The number of amides is 1. The Kier molecular flexibility index (Phi) is 10.8. The fourth-order valence-corrected chi connectivity index (χ4v) is 5.25. The minimum Gasteiger partial charge on any atom is -0.493 e. The molecule has 1 amide bonds. The predicted molar refractivity (Wildman–Crippen MR) is 149 cm³/mol. The highest BCUT2D eigenvalue weighted by Crippen LogP contribution is 2.28. The summed E-state index contributed by atoms with van der Waals surface area (Å²) < 4.78 is 25.4. The number of carbonyl (C=O) groups is 1. The van der Waals surface area contributed by atoms with Crippen LogP contribution in [0.25, 0.3) is 0 Å². The molecule has 38 heavy (non-hydrogen) atoms. The zero-order chi connectivity index (χ0) is 27.7. The average molecular weight is 542 g/mol. The first-order chi connectivity index (χ1) is 18.3. The van der Waals surface area contributed by atoms with Gasteiger partial charge in [-0.2, -0.15) is 0 Å². The van der Waals surface area contributed by atoms with Crippen LogP contribution >= 0.6 is 11.8 Å². The van der Waals surface area contributed by atoms with Gasteiger partial charge in [-0.25, -0.2) is 9.37 Å². The van der Waals surface area contributed by atoms with E-state index in [1.807, 2.05) is 18.2 Å². The SMILES string of the molecule is CCCCC(Sc1nc(C)c(Cc2ccc(F)cc2)c(=O)n1C)C(=O)NCCc1ccc(OC)c(OC)c1. The molecule has 7 nitrogen and oxygen atoms in total. The number of nitrogens with zero attached hydrogens (tertiary/aromatic N) is 2. The lowest BCUT2D eigenvalue weighted by atomic mass is 10.1. The summed E-state index contributed by atoms with van der Waals surface area (Å²) in [6, 6.07) is 11.8. The Bertz CT molecular complexity index is 1290. The molecule has 0 saturated heterocycles. The zero-order valence-corrected chi connectivity index (χ0v) is 23.5. The molecule has 204 valence electrons. The average Bonchev–Trinajstić information content (AvgIpc) is 2.92. The normalized spacial score (nSPS) is 11.7. The third kappa shape index (κ3) is 7.60. The van der Waals surface area contributed by atoms with E-state index >= 15 is 0 Å². The Morgan fingerprint density at radius 2 is 1.79 bits per heavy atom. The smallest absolute Gasteiger partial charge is 0.257 e. The highest BCUT2D eigenvalue weighted by Gasteiger charge is 2.23. The lowest BCUT2D eigenvalue weighted by Gasteiger charge is -2.18. The Labute approximate surface area is 227 Å². The van der Waals surface area contributed by atoms with Gasteiger partial charge in [0, 0.05) is 31.3 Å². The van der Waals surface area contributed by atoms with Crippen molar-refractivity contribution in [2.24, 2.45) is 7.05 Å². The molecule has 1 unspecified atom stereocenters. The van der Waals surface area contributed by atoms with Crippen LogP contribution in [-0.4, -0.2) is 41.5 Å². The van der Waals surface area contributed by atoms with Crippen molar-refractivity contribution >= 4 is 17.7 Å².